The molecule has 0 bridgehead atoms. The first-order valence-corrected chi connectivity index (χ1v) is 7.76. The fraction of sp³-hybridized carbons (Fsp3) is 0.538. The van der Waals surface area contributed by atoms with Crippen molar-refractivity contribution in [1.82, 2.24) is 9.03 Å². The number of hydrogen-bond acceptors (Lipinski definition) is 3. The maximum absolute atomic E-state index is 12.1. The molecular weight excluding hydrogens is 264 g/mol. The Morgan fingerprint density at radius 1 is 1.32 bits per heavy atom. The van der Waals surface area contributed by atoms with E-state index in [1.165, 1.54) is 9.87 Å². The summed E-state index contributed by atoms with van der Waals surface area (Å²) < 4.78 is 28.2. The van der Waals surface area contributed by atoms with Gasteiger partial charge >= 0.3 is 0 Å². The van der Waals surface area contributed by atoms with Crippen molar-refractivity contribution in [1.29, 1.82) is 0 Å². The highest BCUT2D eigenvalue weighted by atomic mass is 32.2. The third-order valence-corrected chi connectivity index (χ3v) is 4.62. The van der Waals surface area contributed by atoms with Gasteiger partial charge in [-0.25, -0.2) is 0 Å². The van der Waals surface area contributed by atoms with Crippen molar-refractivity contribution in [3.8, 4) is 0 Å². The number of rotatable bonds is 4. The zero-order chi connectivity index (χ0) is 14.1. The number of aliphatic hydroxyl groups is 1. The van der Waals surface area contributed by atoms with Gasteiger partial charge in [0.1, 0.15) is 0 Å². The fourth-order valence-corrected chi connectivity index (χ4v) is 3.39. The standard InChI is InChI=1S/C13H20N2O3S/c1-13(2,16)10-14-19(17,18)15-8-7-11-5-3-4-6-12(11)9-15/h3-6,14,16H,7-10H2,1-2H3. The number of nitrogens with one attached hydrogen (secondary N) is 1. The lowest BCUT2D eigenvalue weighted by Gasteiger charge is -2.29. The molecule has 0 fully saturated rings. The molecule has 1 aromatic rings. The number of hydrogen-bond donors (Lipinski definition) is 2. The molecule has 0 unspecified atom stereocenters. The van der Waals surface area contributed by atoms with Gasteiger partial charge in [0.05, 0.1) is 5.60 Å². The summed E-state index contributed by atoms with van der Waals surface area (Å²) in [5, 5.41) is 9.59. The monoisotopic (exact) mass is 284 g/mol. The van der Waals surface area contributed by atoms with Gasteiger partial charge < -0.3 is 5.11 Å². The van der Waals surface area contributed by atoms with Gasteiger partial charge in [0.2, 0.25) is 0 Å². The largest absolute Gasteiger partial charge is 0.389 e. The van der Waals surface area contributed by atoms with E-state index in [4.69, 9.17) is 0 Å². The van der Waals surface area contributed by atoms with Gasteiger partial charge in [0, 0.05) is 19.6 Å². The van der Waals surface area contributed by atoms with Gasteiger partial charge in [0.15, 0.2) is 0 Å². The van der Waals surface area contributed by atoms with E-state index >= 15 is 0 Å². The number of fused-ring (bicyclic) bond motifs is 1. The van der Waals surface area contributed by atoms with E-state index in [0.29, 0.717) is 13.1 Å². The molecule has 2 N–H and O–H groups in total. The molecule has 0 atom stereocenters. The highest BCUT2D eigenvalue weighted by Gasteiger charge is 2.27. The summed E-state index contributed by atoms with van der Waals surface area (Å²) >= 11 is 0. The number of nitrogens with zero attached hydrogens (tertiary/aromatic N) is 1. The minimum Gasteiger partial charge on any atom is -0.389 e. The minimum absolute atomic E-state index is 0.00742. The average molecular weight is 284 g/mol. The van der Waals surface area contributed by atoms with E-state index in [-0.39, 0.29) is 6.54 Å². The smallest absolute Gasteiger partial charge is 0.279 e. The molecule has 5 nitrogen and oxygen atoms in total. The molecule has 0 amide bonds. The summed E-state index contributed by atoms with van der Waals surface area (Å²) in [4.78, 5) is 0. The van der Waals surface area contributed by atoms with Crippen LogP contribution in [0.2, 0.25) is 0 Å². The lowest BCUT2D eigenvalue weighted by Crippen LogP contribution is -2.47. The van der Waals surface area contributed by atoms with E-state index in [1.807, 2.05) is 24.3 Å². The van der Waals surface area contributed by atoms with Crippen LogP contribution in [0.1, 0.15) is 25.0 Å². The Balaban J connectivity index is 2.08. The van der Waals surface area contributed by atoms with E-state index in [0.717, 1.165) is 12.0 Å². The van der Waals surface area contributed by atoms with Gasteiger partial charge in [-0.2, -0.15) is 17.4 Å². The molecule has 0 radical (unpaired) electrons. The second-order valence-corrected chi connectivity index (χ2v) is 7.25. The van der Waals surface area contributed by atoms with E-state index in [1.54, 1.807) is 13.8 Å². The summed E-state index contributed by atoms with van der Waals surface area (Å²) in [7, 11) is -3.54. The van der Waals surface area contributed by atoms with Crippen LogP contribution in [-0.4, -0.2) is 36.5 Å². The van der Waals surface area contributed by atoms with Crippen LogP contribution in [-0.2, 0) is 23.2 Å². The minimum atomic E-state index is -3.54. The zero-order valence-corrected chi connectivity index (χ0v) is 12.1. The Labute approximate surface area is 114 Å². The molecule has 0 aliphatic carbocycles. The van der Waals surface area contributed by atoms with Crippen molar-refractivity contribution in [2.24, 2.45) is 0 Å². The molecule has 0 saturated heterocycles. The third-order valence-electron chi connectivity index (χ3n) is 3.12. The van der Waals surface area contributed by atoms with Gasteiger partial charge in [-0.05, 0) is 31.4 Å². The molecule has 1 aromatic carbocycles. The highest BCUT2D eigenvalue weighted by molar-refractivity contribution is 7.87. The van der Waals surface area contributed by atoms with Crippen molar-refractivity contribution >= 4 is 10.2 Å². The van der Waals surface area contributed by atoms with E-state index in [9.17, 15) is 13.5 Å². The van der Waals surface area contributed by atoms with Gasteiger partial charge in [0.25, 0.3) is 10.2 Å². The summed E-state index contributed by atoms with van der Waals surface area (Å²) in [5.41, 5.74) is 1.19. The quantitative estimate of drug-likeness (QED) is 0.853. The van der Waals surface area contributed by atoms with Crippen LogP contribution in [0, 0.1) is 0 Å². The maximum atomic E-state index is 12.1. The third kappa shape index (κ3) is 3.76. The van der Waals surface area contributed by atoms with Crippen LogP contribution in [0.15, 0.2) is 24.3 Å². The maximum Gasteiger partial charge on any atom is 0.279 e. The van der Waals surface area contributed by atoms with Crippen molar-refractivity contribution < 1.29 is 13.5 Å². The van der Waals surface area contributed by atoms with Crippen LogP contribution < -0.4 is 4.72 Å². The van der Waals surface area contributed by atoms with Crippen molar-refractivity contribution in [3.63, 3.8) is 0 Å². The first-order chi connectivity index (χ1) is 8.78. The molecule has 0 spiro atoms. The molecule has 2 rings (SSSR count). The van der Waals surface area contributed by atoms with E-state index in [2.05, 4.69) is 4.72 Å². The molecule has 6 heteroatoms. The topological polar surface area (TPSA) is 69.6 Å². The Morgan fingerprint density at radius 3 is 2.58 bits per heavy atom. The Hall–Kier alpha value is -0.950. The Kier molecular flexibility index (Phi) is 3.96. The van der Waals surface area contributed by atoms with Gasteiger partial charge in [-0.15, -0.1) is 0 Å². The van der Waals surface area contributed by atoms with Crippen LogP contribution in [0.4, 0.5) is 0 Å². The molecular formula is C13H20N2O3S. The second kappa shape index (κ2) is 5.20. The first kappa shape index (κ1) is 14.5. The van der Waals surface area contributed by atoms with Gasteiger partial charge in [-0.3, -0.25) is 0 Å². The molecule has 106 valence electrons. The predicted molar refractivity (Wildman–Crippen MR) is 73.8 cm³/mol. The second-order valence-electron chi connectivity index (χ2n) is 5.49. The number of benzene rings is 1. The summed E-state index contributed by atoms with van der Waals surface area (Å²) in [6, 6.07) is 7.87. The summed E-state index contributed by atoms with van der Waals surface area (Å²) in [6.45, 7) is 4.01. The normalized spacial score (nSPS) is 17.2. The Morgan fingerprint density at radius 2 is 1.95 bits per heavy atom. The fourth-order valence-electron chi connectivity index (χ4n) is 2.03. The molecule has 19 heavy (non-hydrogen) atoms. The lowest BCUT2D eigenvalue weighted by molar-refractivity contribution is 0.0851. The van der Waals surface area contributed by atoms with Crippen molar-refractivity contribution in [3.05, 3.63) is 35.4 Å². The predicted octanol–water partition coefficient (Wildman–Crippen LogP) is 0.650. The van der Waals surface area contributed by atoms with Crippen LogP contribution in [0.25, 0.3) is 0 Å². The summed E-state index contributed by atoms with van der Waals surface area (Å²) in [6.07, 6.45) is 0.722. The van der Waals surface area contributed by atoms with Crippen molar-refractivity contribution in [2.75, 3.05) is 13.1 Å². The molecule has 1 aliphatic rings. The molecule has 0 aromatic heterocycles. The zero-order valence-electron chi connectivity index (χ0n) is 11.3. The van der Waals surface area contributed by atoms with Crippen LogP contribution in [0.3, 0.4) is 0 Å². The molecule has 0 saturated carbocycles. The molecule has 1 heterocycles. The SMILES string of the molecule is CC(C)(O)CNS(=O)(=O)N1CCc2ccccc2C1. The summed E-state index contributed by atoms with van der Waals surface area (Å²) in [5.74, 6) is 0. The van der Waals surface area contributed by atoms with Crippen LogP contribution in [0.5, 0.6) is 0 Å². The Bertz CT molecular complexity index is 549. The first-order valence-electron chi connectivity index (χ1n) is 6.32. The molecule has 1 aliphatic heterocycles. The van der Waals surface area contributed by atoms with E-state index < -0.39 is 15.8 Å². The van der Waals surface area contributed by atoms with Crippen LogP contribution >= 0.6 is 0 Å². The lowest BCUT2D eigenvalue weighted by atomic mass is 10.0. The highest BCUT2D eigenvalue weighted by Crippen LogP contribution is 2.20. The van der Waals surface area contributed by atoms with Gasteiger partial charge in [-0.1, -0.05) is 24.3 Å². The average Bonchev–Trinajstić information content (AvgIpc) is 2.35. The van der Waals surface area contributed by atoms with Crippen molar-refractivity contribution in [2.45, 2.75) is 32.4 Å².